The van der Waals surface area contributed by atoms with Crippen LogP contribution in [0.1, 0.15) is 24.4 Å². The van der Waals surface area contributed by atoms with Gasteiger partial charge in [0.15, 0.2) is 0 Å². The van der Waals surface area contributed by atoms with E-state index in [4.69, 9.17) is 17.3 Å². The normalized spacial score (nSPS) is 23.7. The Bertz CT molecular complexity index is 628. The molecule has 1 aromatic carbocycles. The molecule has 8 heteroatoms. The zero-order valence-corrected chi connectivity index (χ0v) is 15.6. The molecule has 1 aromatic rings. The number of carbonyl (C=O) groups is 2. The van der Waals surface area contributed by atoms with Crippen molar-refractivity contribution in [1.82, 2.24) is 15.1 Å². The topological polar surface area (TPSA) is 78.7 Å². The molecule has 25 heavy (non-hydrogen) atoms. The number of nitrogens with two attached hydrogens (primary N) is 1. The van der Waals surface area contributed by atoms with E-state index in [-0.39, 0.29) is 30.3 Å². The number of nitrogens with one attached hydrogen (secondary N) is 1. The number of hydrogen-bond acceptors (Lipinski definition) is 3. The molecule has 6 nitrogen and oxygen atoms in total. The average molecular weight is 387 g/mol. The minimum absolute atomic E-state index is 0. The molecule has 3 rings (SSSR count). The third-order valence-corrected chi connectivity index (χ3v) is 5.08. The van der Waals surface area contributed by atoms with Gasteiger partial charge in [0, 0.05) is 37.7 Å². The summed E-state index contributed by atoms with van der Waals surface area (Å²) in [4.78, 5) is 28.0. The molecule has 0 radical (unpaired) electrons. The summed E-state index contributed by atoms with van der Waals surface area (Å²) in [7, 11) is 0. The molecule has 3 amide bonds. The summed E-state index contributed by atoms with van der Waals surface area (Å²) in [5.41, 5.74) is 6.41. The van der Waals surface area contributed by atoms with Crippen molar-refractivity contribution in [2.75, 3.05) is 32.7 Å². The summed E-state index contributed by atoms with van der Waals surface area (Å²) in [6.45, 7) is 3.19. The van der Waals surface area contributed by atoms with E-state index in [1.807, 2.05) is 29.2 Å². The van der Waals surface area contributed by atoms with Gasteiger partial charge in [0.25, 0.3) is 0 Å². The number of urea groups is 1. The number of primary amides is 1. The molecule has 0 aromatic heterocycles. The van der Waals surface area contributed by atoms with Crippen LogP contribution in [0.15, 0.2) is 24.3 Å². The maximum absolute atomic E-state index is 13.1. The van der Waals surface area contributed by atoms with E-state index in [0.29, 0.717) is 31.2 Å². The molecule has 0 saturated carbocycles. The lowest BCUT2D eigenvalue weighted by Crippen LogP contribution is -2.53. The molecule has 0 bridgehead atoms. The van der Waals surface area contributed by atoms with Gasteiger partial charge < -0.3 is 20.9 Å². The van der Waals surface area contributed by atoms with E-state index in [0.717, 1.165) is 24.9 Å². The van der Waals surface area contributed by atoms with Crippen LogP contribution in [0.3, 0.4) is 0 Å². The van der Waals surface area contributed by atoms with Crippen LogP contribution in [-0.4, -0.2) is 54.5 Å². The molecule has 0 aliphatic carbocycles. The Hall–Kier alpha value is -1.50. The second-order valence-electron chi connectivity index (χ2n) is 6.43. The van der Waals surface area contributed by atoms with E-state index in [2.05, 4.69) is 5.32 Å². The van der Waals surface area contributed by atoms with Crippen molar-refractivity contribution in [3.8, 4) is 0 Å². The lowest BCUT2D eigenvalue weighted by molar-refractivity contribution is -0.140. The Balaban J connectivity index is 0.00000225. The number of likely N-dealkylation sites (tertiary alicyclic amines) is 1. The van der Waals surface area contributed by atoms with Gasteiger partial charge in [0.2, 0.25) is 5.91 Å². The average Bonchev–Trinajstić information content (AvgIpc) is 2.61. The fourth-order valence-corrected chi connectivity index (χ4v) is 3.79. The zero-order chi connectivity index (χ0) is 17.1. The minimum atomic E-state index is -0.445. The van der Waals surface area contributed by atoms with Crippen molar-refractivity contribution < 1.29 is 9.59 Å². The third kappa shape index (κ3) is 4.57. The summed E-state index contributed by atoms with van der Waals surface area (Å²) < 4.78 is 0. The van der Waals surface area contributed by atoms with Crippen molar-refractivity contribution in [2.24, 2.45) is 11.7 Å². The summed E-state index contributed by atoms with van der Waals surface area (Å²) in [6.07, 6.45) is 1.61. The highest BCUT2D eigenvalue weighted by molar-refractivity contribution is 6.30. The van der Waals surface area contributed by atoms with Crippen LogP contribution in [0.5, 0.6) is 0 Å². The van der Waals surface area contributed by atoms with Gasteiger partial charge in [-0.15, -0.1) is 12.4 Å². The first-order chi connectivity index (χ1) is 11.6. The highest BCUT2D eigenvalue weighted by atomic mass is 35.5. The zero-order valence-electron chi connectivity index (χ0n) is 14.0. The van der Waals surface area contributed by atoms with Gasteiger partial charge in [-0.05, 0) is 30.5 Å². The first-order valence-corrected chi connectivity index (χ1v) is 8.75. The fraction of sp³-hybridized carbons (Fsp3) is 0.529. The van der Waals surface area contributed by atoms with Crippen LogP contribution in [0.4, 0.5) is 4.79 Å². The van der Waals surface area contributed by atoms with Crippen LogP contribution < -0.4 is 11.1 Å². The third-order valence-electron chi connectivity index (χ3n) is 4.84. The van der Waals surface area contributed by atoms with Crippen molar-refractivity contribution in [1.29, 1.82) is 0 Å². The number of amides is 3. The molecule has 2 fully saturated rings. The van der Waals surface area contributed by atoms with E-state index < -0.39 is 6.03 Å². The number of halogens is 2. The Morgan fingerprint density at radius 2 is 2.08 bits per heavy atom. The molecule has 138 valence electrons. The van der Waals surface area contributed by atoms with Gasteiger partial charge in [-0.2, -0.15) is 0 Å². The molecular formula is C17H24Cl2N4O2. The largest absolute Gasteiger partial charge is 0.351 e. The second-order valence-corrected chi connectivity index (χ2v) is 6.87. The van der Waals surface area contributed by atoms with E-state index in [1.165, 1.54) is 0 Å². The predicted molar refractivity (Wildman–Crippen MR) is 99.9 cm³/mol. The minimum Gasteiger partial charge on any atom is -0.351 e. The Morgan fingerprint density at radius 3 is 2.80 bits per heavy atom. The van der Waals surface area contributed by atoms with Crippen LogP contribution >= 0.6 is 24.0 Å². The number of benzene rings is 1. The molecule has 2 aliphatic heterocycles. The van der Waals surface area contributed by atoms with Crippen molar-refractivity contribution >= 4 is 35.9 Å². The standard InChI is InChI=1S/C17H23ClN4O2.ClH/c18-14-5-1-3-12(9-14)15-10-20-6-8-22(15)16(23)13-4-2-7-21(11-13)17(19)24;/h1,3,5,9,13,15,20H,2,4,6-8,10-11H2,(H2,19,24);1H. The number of nitrogens with zero attached hydrogens (tertiary/aromatic N) is 2. The summed E-state index contributed by atoms with van der Waals surface area (Å²) in [5.74, 6) is -0.0709. The maximum Gasteiger partial charge on any atom is 0.314 e. The first kappa shape index (κ1) is 19.8. The number of hydrogen-bond donors (Lipinski definition) is 2. The van der Waals surface area contributed by atoms with Crippen LogP contribution in [0.25, 0.3) is 0 Å². The van der Waals surface area contributed by atoms with Gasteiger partial charge in [-0.1, -0.05) is 23.7 Å². The van der Waals surface area contributed by atoms with Crippen LogP contribution in [0, 0.1) is 5.92 Å². The van der Waals surface area contributed by atoms with Gasteiger partial charge in [0.1, 0.15) is 0 Å². The highest BCUT2D eigenvalue weighted by Gasteiger charge is 2.35. The molecule has 2 aliphatic rings. The number of carbonyl (C=O) groups excluding carboxylic acids is 2. The Labute approximate surface area is 159 Å². The molecule has 2 atom stereocenters. The second kappa shape index (κ2) is 8.74. The van der Waals surface area contributed by atoms with Gasteiger partial charge >= 0.3 is 6.03 Å². The number of piperidine rings is 1. The highest BCUT2D eigenvalue weighted by Crippen LogP contribution is 2.28. The van der Waals surface area contributed by atoms with E-state index in [9.17, 15) is 9.59 Å². The Morgan fingerprint density at radius 1 is 1.28 bits per heavy atom. The van der Waals surface area contributed by atoms with Crippen molar-refractivity contribution in [2.45, 2.75) is 18.9 Å². The summed E-state index contributed by atoms with van der Waals surface area (Å²) >= 11 is 6.11. The van der Waals surface area contributed by atoms with E-state index >= 15 is 0 Å². The molecule has 2 heterocycles. The number of rotatable bonds is 2. The quantitative estimate of drug-likeness (QED) is 0.815. The van der Waals surface area contributed by atoms with Gasteiger partial charge in [-0.3, -0.25) is 4.79 Å². The summed E-state index contributed by atoms with van der Waals surface area (Å²) in [6, 6.07) is 7.17. The lowest BCUT2D eigenvalue weighted by Gasteiger charge is -2.40. The molecular weight excluding hydrogens is 363 g/mol. The van der Waals surface area contributed by atoms with Crippen LogP contribution in [-0.2, 0) is 4.79 Å². The molecule has 3 N–H and O–H groups in total. The van der Waals surface area contributed by atoms with Crippen LogP contribution in [0.2, 0.25) is 5.02 Å². The SMILES string of the molecule is Cl.NC(=O)N1CCCC(C(=O)N2CCNCC2c2cccc(Cl)c2)C1. The summed E-state index contributed by atoms with van der Waals surface area (Å²) in [5, 5.41) is 4.02. The molecule has 2 saturated heterocycles. The fourth-order valence-electron chi connectivity index (χ4n) is 3.59. The van der Waals surface area contributed by atoms with Crippen molar-refractivity contribution in [3.63, 3.8) is 0 Å². The smallest absolute Gasteiger partial charge is 0.314 e. The first-order valence-electron chi connectivity index (χ1n) is 8.37. The monoisotopic (exact) mass is 386 g/mol. The molecule has 2 unspecified atom stereocenters. The lowest BCUT2D eigenvalue weighted by atomic mass is 9.94. The number of piperazine rings is 1. The van der Waals surface area contributed by atoms with Gasteiger partial charge in [0.05, 0.1) is 12.0 Å². The van der Waals surface area contributed by atoms with E-state index in [1.54, 1.807) is 4.90 Å². The van der Waals surface area contributed by atoms with Gasteiger partial charge in [-0.25, -0.2) is 4.79 Å². The predicted octanol–water partition coefficient (Wildman–Crippen LogP) is 2.03. The molecule has 0 spiro atoms. The Kier molecular flexibility index (Phi) is 6.93. The maximum atomic E-state index is 13.1. The van der Waals surface area contributed by atoms with Crippen molar-refractivity contribution in [3.05, 3.63) is 34.9 Å².